The minimum absolute atomic E-state index is 0.0463. The average molecular weight is 345 g/mol. The summed E-state index contributed by atoms with van der Waals surface area (Å²) in [5.74, 6) is 0.430. The molecule has 4 N–H and O–H groups in total. The van der Waals surface area contributed by atoms with E-state index in [1.54, 1.807) is 24.4 Å². The molecule has 0 bridgehead atoms. The molecular formula is C12H15BrN3O2S+. The second kappa shape index (κ2) is 7.75. The number of phenols is 1. The number of hydrazone groups is 1. The largest absolute Gasteiger partial charge is 0.504 e. The van der Waals surface area contributed by atoms with Crippen LogP contribution in [0.25, 0.3) is 0 Å². The SMILES string of the molecule is C=CCNC(=S)N/[NH+]=C/c1cc(Br)cc(OC)c1O. The van der Waals surface area contributed by atoms with Gasteiger partial charge in [0.05, 0.1) is 12.7 Å². The summed E-state index contributed by atoms with van der Waals surface area (Å²) in [4.78, 5) is 0. The third kappa shape index (κ3) is 4.88. The van der Waals surface area contributed by atoms with E-state index in [1.807, 2.05) is 0 Å². The summed E-state index contributed by atoms with van der Waals surface area (Å²) in [6.07, 6.45) is 3.27. The highest BCUT2D eigenvalue weighted by Gasteiger charge is 2.10. The van der Waals surface area contributed by atoms with Gasteiger partial charge in [-0.2, -0.15) is 0 Å². The second-order valence-corrected chi connectivity index (χ2v) is 4.78. The maximum Gasteiger partial charge on any atom is 0.224 e. The Morgan fingerprint density at radius 2 is 2.37 bits per heavy atom. The number of phenolic OH excluding ortho intramolecular Hbond substituents is 1. The molecule has 0 radical (unpaired) electrons. The fourth-order valence-electron chi connectivity index (χ4n) is 1.25. The smallest absolute Gasteiger partial charge is 0.224 e. The number of rotatable bonds is 5. The van der Waals surface area contributed by atoms with Crippen LogP contribution < -0.4 is 20.6 Å². The monoisotopic (exact) mass is 344 g/mol. The van der Waals surface area contributed by atoms with Crippen molar-refractivity contribution in [2.75, 3.05) is 13.7 Å². The highest BCUT2D eigenvalue weighted by atomic mass is 79.9. The normalized spacial score (nSPS) is 10.2. The lowest BCUT2D eigenvalue weighted by molar-refractivity contribution is -0.500. The minimum Gasteiger partial charge on any atom is -0.504 e. The maximum atomic E-state index is 9.91. The lowest BCUT2D eigenvalue weighted by atomic mass is 10.2. The van der Waals surface area contributed by atoms with E-state index in [0.717, 1.165) is 4.47 Å². The first-order chi connectivity index (χ1) is 9.08. The molecule has 0 saturated carbocycles. The van der Waals surface area contributed by atoms with E-state index >= 15 is 0 Å². The Kier molecular flexibility index (Phi) is 6.31. The van der Waals surface area contributed by atoms with Gasteiger partial charge in [-0.15, -0.1) is 17.1 Å². The number of halogens is 1. The van der Waals surface area contributed by atoms with Crippen molar-refractivity contribution in [3.63, 3.8) is 0 Å². The third-order valence-electron chi connectivity index (χ3n) is 2.11. The molecule has 102 valence electrons. The number of benzene rings is 1. The molecule has 0 aliphatic rings. The number of thiocarbonyl (C=S) groups is 1. The number of aromatic hydroxyl groups is 1. The van der Waals surface area contributed by atoms with Crippen LogP contribution in [0, 0.1) is 0 Å². The first-order valence-electron chi connectivity index (χ1n) is 5.38. The Hall–Kier alpha value is -1.60. The molecule has 1 aromatic rings. The Morgan fingerprint density at radius 1 is 1.63 bits per heavy atom. The lowest BCUT2D eigenvalue weighted by Crippen LogP contribution is -2.82. The fraction of sp³-hybridized carbons (Fsp3) is 0.167. The molecule has 0 spiro atoms. The van der Waals surface area contributed by atoms with E-state index in [0.29, 0.717) is 23.0 Å². The van der Waals surface area contributed by atoms with Crippen molar-refractivity contribution < 1.29 is 14.9 Å². The summed E-state index contributed by atoms with van der Waals surface area (Å²) >= 11 is 8.33. The zero-order valence-corrected chi connectivity index (χ0v) is 12.8. The van der Waals surface area contributed by atoms with Crippen molar-refractivity contribution in [2.45, 2.75) is 0 Å². The molecule has 0 unspecified atom stereocenters. The van der Waals surface area contributed by atoms with Crippen molar-refractivity contribution >= 4 is 39.5 Å². The molecule has 5 nitrogen and oxygen atoms in total. The Balaban J connectivity index is 2.74. The molecule has 0 aliphatic heterocycles. The highest BCUT2D eigenvalue weighted by molar-refractivity contribution is 9.10. The topological polar surface area (TPSA) is 67.5 Å². The van der Waals surface area contributed by atoms with Crippen LogP contribution in [0.1, 0.15) is 5.56 Å². The van der Waals surface area contributed by atoms with Gasteiger partial charge in [-0.3, -0.25) is 0 Å². The van der Waals surface area contributed by atoms with Gasteiger partial charge in [0.1, 0.15) is 0 Å². The van der Waals surface area contributed by atoms with Crippen LogP contribution in [0.5, 0.6) is 11.5 Å². The predicted octanol–water partition coefficient (Wildman–Crippen LogP) is 0.228. The molecule has 0 aromatic heterocycles. The quantitative estimate of drug-likeness (QED) is 0.266. The molecular weight excluding hydrogens is 330 g/mol. The number of nitrogens with one attached hydrogen (secondary N) is 3. The van der Waals surface area contributed by atoms with Crippen LogP contribution in [0.15, 0.2) is 29.3 Å². The van der Waals surface area contributed by atoms with Gasteiger partial charge < -0.3 is 15.2 Å². The first kappa shape index (κ1) is 15.5. The highest BCUT2D eigenvalue weighted by Crippen LogP contribution is 2.32. The van der Waals surface area contributed by atoms with Crippen molar-refractivity contribution in [3.05, 3.63) is 34.8 Å². The van der Waals surface area contributed by atoms with Gasteiger partial charge in [-0.1, -0.05) is 22.0 Å². The average Bonchev–Trinajstić information content (AvgIpc) is 2.39. The zero-order chi connectivity index (χ0) is 14.3. The van der Waals surface area contributed by atoms with E-state index in [1.165, 1.54) is 7.11 Å². The molecule has 0 heterocycles. The van der Waals surface area contributed by atoms with Crippen LogP contribution in [0.4, 0.5) is 0 Å². The molecule has 1 rings (SSSR count). The second-order valence-electron chi connectivity index (χ2n) is 3.46. The van der Waals surface area contributed by atoms with Crippen LogP contribution >= 0.6 is 28.1 Å². The first-order valence-corrected chi connectivity index (χ1v) is 6.58. The van der Waals surface area contributed by atoms with E-state index in [-0.39, 0.29) is 5.75 Å². The van der Waals surface area contributed by atoms with Gasteiger partial charge in [0, 0.05) is 11.0 Å². The van der Waals surface area contributed by atoms with E-state index in [2.05, 4.69) is 38.4 Å². The van der Waals surface area contributed by atoms with Crippen LogP contribution in [-0.4, -0.2) is 30.1 Å². The molecule has 0 atom stereocenters. The lowest BCUT2D eigenvalue weighted by Gasteiger charge is -2.05. The summed E-state index contributed by atoms with van der Waals surface area (Å²) in [6.45, 7) is 4.14. The standard InChI is InChI=1S/C12H14BrN3O2S/c1-3-4-14-12(19)16-15-7-8-5-9(13)6-10(18-2)11(8)17/h3,5-7,17H,1,4H2,2H3,(H2,14,16,19)/p+1/b15-7+. The van der Waals surface area contributed by atoms with E-state index < -0.39 is 0 Å². The molecule has 7 heteroatoms. The van der Waals surface area contributed by atoms with Gasteiger partial charge in [-0.05, 0) is 24.4 Å². The third-order valence-corrected chi connectivity index (χ3v) is 2.81. The number of hydrogen-bond acceptors (Lipinski definition) is 3. The van der Waals surface area contributed by atoms with Gasteiger partial charge in [0.25, 0.3) is 0 Å². The van der Waals surface area contributed by atoms with Gasteiger partial charge >= 0.3 is 0 Å². The van der Waals surface area contributed by atoms with Gasteiger partial charge in [-0.25, -0.2) is 0 Å². The number of ether oxygens (including phenoxy) is 1. The number of hydrogen-bond donors (Lipinski definition) is 4. The Labute approximate surface area is 125 Å². The van der Waals surface area contributed by atoms with Crippen molar-refractivity contribution in [3.8, 4) is 11.5 Å². The number of hydrazine groups is 1. The maximum absolute atomic E-state index is 9.91. The molecule has 0 saturated heterocycles. The summed E-state index contributed by atoms with van der Waals surface area (Å²) in [5.41, 5.74) is 3.31. The molecule has 1 aromatic carbocycles. The molecule has 0 fully saturated rings. The molecule has 19 heavy (non-hydrogen) atoms. The van der Waals surface area contributed by atoms with Gasteiger partial charge in [0.15, 0.2) is 11.5 Å². The summed E-state index contributed by atoms with van der Waals surface area (Å²) in [7, 11) is 1.49. The predicted molar refractivity (Wildman–Crippen MR) is 82.4 cm³/mol. The van der Waals surface area contributed by atoms with Crippen molar-refractivity contribution in [2.24, 2.45) is 0 Å². The minimum atomic E-state index is 0.0463. The molecule has 0 aliphatic carbocycles. The van der Waals surface area contributed by atoms with Crippen LogP contribution in [0.2, 0.25) is 0 Å². The number of methoxy groups -OCH3 is 1. The van der Waals surface area contributed by atoms with E-state index in [9.17, 15) is 5.11 Å². The molecule has 0 amide bonds. The van der Waals surface area contributed by atoms with Crippen molar-refractivity contribution in [1.82, 2.24) is 10.7 Å². The summed E-state index contributed by atoms with van der Waals surface area (Å²) < 4.78 is 5.84. The van der Waals surface area contributed by atoms with Crippen molar-refractivity contribution in [1.29, 1.82) is 0 Å². The van der Waals surface area contributed by atoms with Gasteiger partial charge in [0.2, 0.25) is 11.3 Å². The van der Waals surface area contributed by atoms with E-state index in [4.69, 9.17) is 17.0 Å². The van der Waals surface area contributed by atoms with Crippen LogP contribution in [-0.2, 0) is 0 Å². The fourth-order valence-corrected chi connectivity index (χ4v) is 1.85. The van der Waals surface area contributed by atoms with Crippen LogP contribution in [0.3, 0.4) is 0 Å². The summed E-state index contributed by atoms with van der Waals surface area (Å²) in [6, 6.07) is 3.42. The Bertz CT molecular complexity index is 506. The summed E-state index contributed by atoms with van der Waals surface area (Å²) in [5, 5.41) is 16.0. The Morgan fingerprint density at radius 3 is 3.00 bits per heavy atom. The zero-order valence-electron chi connectivity index (χ0n) is 10.4.